The molecule has 4 aromatic rings. The van der Waals surface area contributed by atoms with Crippen LogP contribution in [0.5, 0.6) is 0 Å². The van der Waals surface area contributed by atoms with E-state index in [4.69, 9.17) is 14.5 Å². The van der Waals surface area contributed by atoms with Crippen LogP contribution in [0.2, 0.25) is 0 Å². The van der Waals surface area contributed by atoms with Gasteiger partial charge in [0.25, 0.3) is 0 Å². The Hall–Kier alpha value is -5.66. The molecule has 0 unspecified atom stereocenters. The number of rotatable bonds is 10. The van der Waals surface area contributed by atoms with Gasteiger partial charge >= 0.3 is 12.2 Å². The third-order valence-corrected chi connectivity index (χ3v) is 10.7. The van der Waals surface area contributed by atoms with Gasteiger partial charge in [0.15, 0.2) is 0 Å². The van der Waals surface area contributed by atoms with Gasteiger partial charge in [-0.05, 0) is 67.7 Å². The smallest absolute Gasteiger partial charge is 0.425 e. The topological polar surface area (TPSA) is 175 Å². The summed E-state index contributed by atoms with van der Waals surface area (Å²) in [5.41, 5.74) is 8.40. The summed E-state index contributed by atoms with van der Waals surface area (Å²) in [6.07, 6.45) is 7.45. The average Bonchev–Trinajstić information content (AvgIpc) is 4.00. The van der Waals surface area contributed by atoms with E-state index in [9.17, 15) is 19.2 Å². The highest BCUT2D eigenvalue weighted by atomic mass is 16.5. The van der Waals surface area contributed by atoms with E-state index >= 15 is 0 Å². The fourth-order valence-electron chi connectivity index (χ4n) is 7.72. The number of hydrogen-bond acceptors (Lipinski definition) is 8. The molecular weight excluding hydrogens is 701 g/mol. The summed E-state index contributed by atoms with van der Waals surface area (Å²) in [6.45, 7) is 8.11. The number of aromatic nitrogens is 4. The van der Waals surface area contributed by atoms with E-state index in [2.05, 4.69) is 74.2 Å². The van der Waals surface area contributed by atoms with Gasteiger partial charge in [0.05, 0.1) is 44.0 Å². The summed E-state index contributed by atoms with van der Waals surface area (Å²) in [6, 6.07) is 15.4. The average molecular weight is 753 g/mol. The van der Waals surface area contributed by atoms with Gasteiger partial charge in [0, 0.05) is 24.4 Å². The monoisotopic (exact) mass is 752 g/mol. The molecule has 2 fully saturated rings. The quantitative estimate of drug-likeness (QED) is 0.126. The van der Waals surface area contributed by atoms with Crippen molar-refractivity contribution in [1.82, 2.24) is 40.6 Å². The summed E-state index contributed by atoms with van der Waals surface area (Å²) in [4.78, 5) is 69.3. The van der Waals surface area contributed by atoms with Crippen LogP contribution in [0.25, 0.3) is 33.6 Å². The lowest BCUT2D eigenvalue weighted by Gasteiger charge is -2.35. The van der Waals surface area contributed by atoms with Crippen molar-refractivity contribution in [3.8, 4) is 33.6 Å². The number of hydrogen-bond donors (Lipinski definition) is 4. The standard InChI is InChI=1S/C41H52N8O6/c1-24(2)35(46-40(52)54-5)39(51)48-21-9-12-34(48)37-43-23-33(45-37)29-19-15-27(16-20-29)26-13-17-28(18-14-26)32-22-42-36(44-32)30-10-7-8-11-31(30)38(50)49(25(3)4)47-41(53)55-6/h13-20,22-25,30-31,34-35H,7-12,21H2,1-6H3,(H,42,44)(H,43,45)(H,46,52)(H,47,53)/t30-,31-,34+,35+/m1/s1. The van der Waals surface area contributed by atoms with Crippen molar-refractivity contribution in [3.05, 3.63) is 72.6 Å². The van der Waals surface area contributed by atoms with Crippen molar-refractivity contribution in [2.45, 2.75) is 90.3 Å². The number of amides is 4. The Bertz CT molecular complexity index is 1950. The molecule has 2 aliphatic rings. The van der Waals surface area contributed by atoms with Crippen molar-refractivity contribution in [2.24, 2.45) is 11.8 Å². The molecule has 14 nitrogen and oxygen atoms in total. The van der Waals surface area contributed by atoms with Gasteiger partial charge in [-0.1, -0.05) is 75.2 Å². The minimum atomic E-state index is -0.687. The Morgan fingerprint density at radius 3 is 1.85 bits per heavy atom. The molecule has 14 heteroatoms. The van der Waals surface area contributed by atoms with Gasteiger partial charge in [0.2, 0.25) is 11.8 Å². The number of ether oxygens (including phenoxy) is 2. The van der Waals surface area contributed by atoms with Crippen LogP contribution in [-0.2, 0) is 19.1 Å². The third kappa shape index (κ3) is 8.68. The first-order valence-corrected chi connectivity index (χ1v) is 19.1. The third-order valence-electron chi connectivity index (χ3n) is 10.7. The van der Waals surface area contributed by atoms with E-state index < -0.39 is 18.2 Å². The largest absolute Gasteiger partial charge is 0.453 e. The molecule has 4 N–H and O–H groups in total. The first kappa shape index (κ1) is 39.0. The molecule has 2 aromatic heterocycles. The number of hydrazine groups is 1. The molecule has 6 rings (SSSR count). The normalized spacial score (nSPS) is 18.9. The molecular formula is C41H52N8O6. The first-order chi connectivity index (χ1) is 26.5. The van der Waals surface area contributed by atoms with Crippen molar-refractivity contribution >= 4 is 24.0 Å². The molecule has 4 amide bonds. The lowest BCUT2D eigenvalue weighted by atomic mass is 9.78. The number of methoxy groups -OCH3 is 2. The Labute approximate surface area is 321 Å². The van der Waals surface area contributed by atoms with E-state index in [1.807, 2.05) is 38.8 Å². The van der Waals surface area contributed by atoms with Crippen LogP contribution in [0.4, 0.5) is 9.59 Å². The molecule has 1 aliphatic carbocycles. The van der Waals surface area contributed by atoms with Crippen molar-refractivity contribution < 1.29 is 28.7 Å². The maximum absolute atomic E-state index is 13.7. The van der Waals surface area contributed by atoms with Gasteiger partial charge < -0.3 is 29.7 Å². The van der Waals surface area contributed by atoms with Gasteiger partial charge in [-0.15, -0.1) is 0 Å². The van der Waals surface area contributed by atoms with Gasteiger partial charge in [-0.25, -0.2) is 30.0 Å². The number of carbonyl (C=O) groups excluding carboxylic acids is 4. The molecule has 292 valence electrons. The molecule has 0 bridgehead atoms. The SMILES string of the molecule is COC(=O)N[C@H](C(=O)N1CCC[C@H]1c1ncc(-c2ccc(-c3ccc(-c4cnc([C@@H]5CCCC[C@H]5C(=O)N(NC(=O)OC)C(C)C)[nH]4)cc3)cc2)[nH]1)C(C)C. The predicted molar refractivity (Wildman–Crippen MR) is 207 cm³/mol. The van der Waals surface area contributed by atoms with Crippen molar-refractivity contribution in [3.63, 3.8) is 0 Å². The fraction of sp³-hybridized carbons (Fsp3) is 0.463. The Kier molecular flexibility index (Phi) is 12.2. The van der Waals surface area contributed by atoms with Crippen LogP contribution in [0.1, 0.15) is 89.8 Å². The van der Waals surface area contributed by atoms with Crippen LogP contribution >= 0.6 is 0 Å². The molecule has 2 aromatic carbocycles. The maximum atomic E-state index is 13.7. The maximum Gasteiger partial charge on any atom is 0.425 e. The molecule has 4 atom stereocenters. The fourth-order valence-corrected chi connectivity index (χ4v) is 7.72. The van der Waals surface area contributed by atoms with Gasteiger partial charge in [-0.3, -0.25) is 9.59 Å². The number of nitrogens with one attached hydrogen (secondary N) is 4. The number of carbonyl (C=O) groups is 4. The molecule has 1 aliphatic heterocycles. The lowest BCUT2D eigenvalue weighted by Crippen LogP contribution is -2.53. The van der Waals surface area contributed by atoms with Crippen LogP contribution in [0.15, 0.2) is 60.9 Å². The predicted octanol–water partition coefficient (Wildman–Crippen LogP) is 6.96. The Morgan fingerprint density at radius 2 is 1.29 bits per heavy atom. The van der Waals surface area contributed by atoms with E-state index in [1.165, 1.54) is 19.2 Å². The number of aromatic amines is 2. The highest BCUT2D eigenvalue weighted by Crippen LogP contribution is 2.39. The minimum absolute atomic E-state index is 0.0911. The minimum Gasteiger partial charge on any atom is -0.453 e. The van der Waals surface area contributed by atoms with Crippen molar-refractivity contribution in [1.29, 1.82) is 0 Å². The highest BCUT2D eigenvalue weighted by Gasteiger charge is 2.39. The molecule has 0 radical (unpaired) electrons. The molecule has 0 spiro atoms. The highest BCUT2D eigenvalue weighted by molar-refractivity contribution is 5.86. The van der Waals surface area contributed by atoms with Gasteiger partial charge in [0.1, 0.15) is 17.7 Å². The number of H-pyrrole nitrogens is 2. The first-order valence-electron chi connectivity index (χ1n) is 19.1. The molecule has 1 saturated heterocycles. The van der Waals surface area contributed by atoms with Crippen LogP contribution in [0.3, 0.4) is 0 Å². The Morgan fingerprint density at radius 1 is 0.745 bits per heavy atom. The number of benzene rings is 2. The zero-order valence-electron chi connectivity index (χ0n) is 32.4. The summed E-state index contributed by atoms with van der Waals surface area (Å²) in [5, 5.41) is 4.07. The Balaban J connectivity index is 1.11. The van der Waals surface area contributed by atoms with E-state index in [1.54, 1.807) is 6.20 Å². The van der Waals surface area contributed by atoms with Crippen LogP contribution in [-0.4, -0.2) is 86.7 Å². The molecule has 1 saturated carbocycles. The zero-order chi connectivity index (χ0) is 39.2. The summed E-state index contributed by atoms with van der Waals surface area (Å²) >= 11 is 0. The van der Waals surface area contributed by atoms with Crippen molar-refractivity contribution in [2.75, 3.05) is 20.8 Å². The summed E-state index contributed by atoms with van der Waals surface area (Å²) in [5.74, 6) is 0.718. The number of alkyl carbamates (subject to hydrolysis) is 1. The van der Waals surface area contributed by atoms with Gasteiger partial charge in [-0.2, -0.15) is 0 Å². The van der Waals surface area contributed by atoms with E-state index in [0.717, 1.165) is 83.8 Å². The summed E-state index contributed by atoms with van der Waals surface area (Å²) in [7, 11) is 2.57. The number of imidazole rings is 2. The lowest BCUT2D eigenvalue weighted by molar-refractivity contribution is -0.142. The number of nitrogens with zero attached hydrogens (tertiary/aromatic N) is 4. The van der Waals surface area contributed by atoms with E-state index in [-0.39, 0.29) is 41.7 Å². The van der Waals surface area contributed by atoms with E-state index in [0.29, 0.717) is 6.54 Å². The second kappa shape index (κ2) is 17.2. The van der Waals surface area contributed by atoms with Crippen LogP contribution < -0.4 is 10.7 Å². The molecule has 3 heterocycles. The summed E-state index contributed by atoms with van der Waals surface area (Å²) < 4.78 is 9.51. The van der Waals surface area contributed by atoms with Crippen LogP contribution in [0, 0.1) is 11.8 Å². The second-order valence-corrected chi connectivity index (χ2v) is 15.0. The zero-order valence-corrected chi connectivity index (χ0v) is 32.4. The number of likely N-dealkylation sites (tertiary alicyclic amines) is 1. The second-order valence-electron chi connectivity index (χ2n) is 15.0. The molecule has 55 heavy (non-hydrogen) atoms.